The van der Waals surface area contributed by atoms with E-state index in [1.165, 1.54) is 0 Å². The van der Waals surface area contributed by atoms with E-state index < -0.39 is 60.8 Å². The third-order valence-corrected chi connectivity index (χ3v) is 3.80. The molecule has 11 heteroatoms. The first-order valence-corrected chi connectivity index (χ1v) is 8.92. The summed E-state index contributed by atoms with van der Waals surface area (Å²) in [7, 11) is 0. The van der Waals surface area contributed by atoms with E-state index in [0.29, 0.717) is 6.42 Å². The summed E-state index contributed by atoms with van der Waals surface area (Å²) in [6.07, 6.45) is -0.491. The monoisotopic (exact) mass is 402 g/mol. The molecule has 7 N–H and O–H groups in total. The zero-order valence-electron chi connectivity index (χ0n) is 16.5. The summed E-state index contributed by atoms with van der Waals surface area (Å²) in [5.74, 6) is -4.95. The van der Waals surface area contributed by atoms with Crippen LogP contribution >= 0.6 is 0 Å². The smallest absolute Gasteiger partial charge is 0.326 e. The Labute approximate surface area is 163 Å². The highest BCUT2D eigenvalue weighted by atomic mass is 16.4. The Kier molecular flexibility index (Phi) is 10.8. The number of carbonyl (C=O) groups is 5. The minimum absolute atomic E-state index is 0.0621. The Balaban J connectivity index is 4.85. The van der Waals surface area contributed by atoms with Crippen LogP contribution in [0.2, 0.25) is 0 Å². The maximum Gasteiger partial charge on any atom is 0.326 e. The molecule has 0 radical (unpaired) electrons. The van der Waals surface area contributed by atoms with Gasteiger partial charge in [0.1, 0.15) is 12.1 Å². The highest BCUT2D eigenvalue weighted by Crippen LogP contribution is 2.07. The zero-order chi connectivity index (χ0) is 22.0. The number of aliphatic carboxylic acids is 2. The lowest BCUT2D eigenvalue weighted by Crippen LogP contribution is -2.54. The minimum atomic E-state index is -1.61. The van der Waals surface area contributed by atoms with Gasteiger partial charge in [-0.2, -0.15) is 0 Å². The zero-order valence-corrected chi connectivity index (χ0v) is 16.5. The van der Waals surface area contributed by atoms with Crippen molar-refractivity contribution in [1.82, 2.24) is 16.0 Å². The highest BCUT2D eigenvalue weighted by Gasteiger charge is 2.27. The predicted molar refractivity (Wildman–Crippen MR) is 99.0 cm³/mol. The number of nitrogens with one attached hydrogen (secondary N) is 3. The first-order valence-electron chi connectivity index (χ1n) is 8.92. The van der Waals surface area contributed by atoms with Gasteiger partial charge in [0.25, 0.3) is 0 Å². The van der Waals surface area contributed by atoms with Crippen LogP contribution in [0.1, 0.15) is 40.5 Å². The van der Waals surface area contributed by atoms with Crippen LogP contribution in [0.5, 0.6) is 0 Å². The van der Waals surface area contributed by atoms with Crippen LogP contribution in [0.4, 0.5) is 0 Å². The van der Waals surface area contributed by atoms with Gasteiger partial charge in [0.2, 0.25) is 17.7 Å². The number of hydrogen-bond donors (Lipinski definition) is 6. The first-order chi connectivity index (χ1) is 12.8. The van der Waals surface area contributed by atoms with Crippen LogP contribution in [0.3, 0.4) is 0 Å². The summed E-state index contributed by atoms with van der Waals surface area (Å²) in [5.41, 5.74) is 5.77. The average Bonchev–Trinajstić information content (AvgIpc) is 2.56. The molecule has 0 saturated carbocycles. The molecule has 0 saturated heterocycles. The molecule has 0 aromatic heterocycles. The van der Waals surface area contributed by atoms with E-state index in [1.54, 1.807) is 13.8 Å². The molecule has 3 atom stereocenters. The molecule has 160 valence electrons. The predicted octanol–water partition coefficient (Wildman–Crippen LogP) is -1.34. The van der Waals surface area contributed by atoms with Gasteiger partial charge in [0.15, 0.2) is 0 Å². The fourth-order valence-electron chi connectivity index (χ4n) is 2.18. The second-order valence-electron chi connectivity index (χ2n) is 7.23. The standard InChI is InChI=1S/C17H30N4O7/c1-8(2)5-10(21-16(26)14(18)9(3)4)15(25)19-7-12(22)20-11(17(27)28)6-13(23)24/h8-11,14H,5-7,18H2,1-4H3,(H,19,25)(H,20,22)(H,21,26)(H,23,24)(H,27,28). The largest absolute Gasteiger partial charge is 0.481 e. The molecule has 0 spiro atoms. The topological polar surface area (TPSA) is 188 Å². The second kappa shape index (κ2) is 11.9. The maximum absolute atomic E-state index is 12.4. The van der Waals surface area contributed by atoms with E-state index in [4.69, 9.17) is 15.9 Å². The lowest BCUT2D eigenvalue weighted by Gasteiger charge is -2.23. The Morgan fingerprint density at radius 3 is 1.89 bits per heavy atom. The van der Waals surface area contributed by atoms with Gasteiger partial charge in [-0.05, 0) is 18.3 Å². The summed E-state index contributed by atoms with van der Waals surface area (Å²) < 4.78 is 0. The number of nitrogens with two attached hydrogens (primary N) is 1. The fraction of sp³-hybridized carbons (Fsp3) is 0.706. The lowest BCUT2D eigenvalue weighted by molar-refractivity contribution is -0.147. The first kappa shape index (κ1) is 25.3. The van der Waals surface area contributed by atoms with E-state index >= 15 is 0 Å². The molecule has 0 aliphatic rings. The third-order valence-electron chi connectivity index (χ3n) is 3.80. The van der Waals surface area contributed by atoms with Gasteiger partial charge in [0.05, 0.1) is 19.0 Å². The molecule has 0 aliphatic carbocycles. The van der Waals surface area contributed by atoms with Crippen LogP contribution < -0.4 is 21.7 Å². The second-order valence-corrected chi connectivity index (χ2v) is 7.23. The van der Waals surface area contributed by atoms with Crippen LogP contribution in [0.15, 0.2) is 0 Å². The number of hydrogen-bond acceptors (Lipinski definition) is 6. The van der Waals surface area contributed by atoms with Gasteiger partial charge in [-0.15, -0.1) is 0 Å². The van der Waals surface area contributed by atoms with Gasteiger partial charge in [-0.3, -0.25) is 19.2 Å². The maximum atomic E-state index is 12.4. The van der Waals surface area contributed by atoms with Crippen molar-refractivity contribution >= 4 is 29.7 Å². The van der Waals surface area contributed by atoms with Gasteiger partial charge < -0.3 is 31.9 Å². The van der Waals surface area contributed by atoms with Crippen molar-refractivity contribution in [3.63, 3.8) is 0 Å². The van der Waals surface area contributed by atoms with Gasteiger partial charge in [0, 0.05) is 0 Å². The number of rotatable bonds is 12. The van der Waals surface area contributed by atoms with Crippen molar-refractivity contribution < 1.29 is 34.2 Å². The van der Waals surface area contributed by atoms with Crippen molar-refractivity contribution in [2.24, 2.45) is 17.6 Å². The summed E-state index contributed by atoms with van der Waals surface area (Å²) in [6, 6.07) is -3.32. The van der Waals surface area contributed by atoms with E-state index in [9.17, 15) is 24.0 Å². The van der Waals surface area contributed by atoms with Crippen LogP contribution in [-0.2, 0) is 24.0 Å². The van der Waals surface area contributed by atoms with Crippen LogP contribution in [-0.4, -0.2) is 64.5 Å². The van der Waals surface area contributed by atoms with E-state index in [0.717, 1.165) is 0 Å². The number of carboxylic acid groups (broad SMARTS) is 2. The molecule has 0 fully saturated rings. The molecule has 0 rings (SSSR count). The van der Waals surface area contributed by atoms with Gasteiger partial charge >= 0.3 is 11.9 Å². The summed E-state index contributed by atoms with van der Waals surface area (Å²) >= 11 is 0. The number of carboxylic acids is 2. The Morgan fingerprint density at radius 1 is 0.893 bits per heavy atom. The molecular formula is C17H30N4O7. The molecular weight excluding hydrogens is 372 g/mol. The molecule has 0 aromatic carbocycles. The highest BCUT2D eigenvalue weighted by molar-refractivity contribution is 5.93. The molecule has 3 amide bonds. The third kappa shape index (κ3) is 9.86. The van der Waals surface area contributed by atoms with Crippen molar-refractivity contribution in [3.8, 4) is 0 Å². The van der Waals surface area contributed by atoms with Crippen LogP contribution in [0.25, 0.3) is 0 Å². The molecule has 0 heterocycles. The normalized spacial score (nSPS) is 14.1. The van der Waals surface area contributed by atoms with Crippen LogP contribution in [0, 0.1) is 11.8 Å². The number of carbonyl (C=O) groups excluding carboxylic acids is 3. The van der Waals surface area contributed by atoms with Crippen molar-refractivity contribution in [1.29, 1.82) is 0 Å². The van der Waals surface area contributed by atoms with Crippen molar-refractivity contribution in [2.45, 2.75) is 58.7 Å². The van der Waals surface area contributed by atoms with E-state index in [-0.39, 0.29) is 11.8 Å². The van der Waals surface area contributed by atoms with Crippen molar-refractivity contribution in [3.05, 3.63) is 0 Å². The Bertz CT molecular complexity index is 592. The minimum Gasteiger partial charge on any atom is -0.481 e. The quantitative estimate of drug-likeness (QED) is 0.231. The lowest BCUT2D eigenvalue weighted by atomic mass is 10.0. The summed E-state index contributed by atoms with van der Waals surface area (Å²) in [6.45, 7) is 6.67. The molecule has 11 nitrogen and oxygen atoms in total. The molecule has 28 heavy (non-hydrogen) atoms. The van der Waals surface area contributed by atoms with E-state index in [2.05, 4.69) is 10.6 Å². The summed E-state index contributed by atoms with van der Waals surface area (Å²) in [5, 5.41) is 24.4. The molecule has 0 bridgehead atoms. The fourth-order valence-corrected chi connectivity index (χ4v) is 2.18. The van der Waals surface area contributed by atoms with E-state index in [1.807, 2.05) is 19.2 Å². The van der Waals surface area contributed by atoms with Gasteiger partial charge in [-0.25, -0.2) is 4.79 Å². The average molecular weight is 402 g/mol. The molecule has 0 aromatic rings. The van der Waals surface area contributed by atoms with Gasteiger partial charge in [-0.1, -0.05) is 27.7 Å². The Morgan fingerprint density at radius 2 is 1.46 bits per heavy atom. The van der Waals surface area contributed by atoms with Crippen molar-refractivity contribution in [2.75, 3.05) is 6.54 Å². The molecule has 0 aliphatic heterocycles. The Hall–Kier alpha value is -2.69. The summed E-state index contributed by atoms with van der Waals surface area (Å²) in [4.78, 5) is 57.9. The molecule has 3 unspecified atom stereocenters. The SMILES string of the molecule is CC(C)CC(NC(=O)C(N)C(C)C)C(=O)NCC(=O)NC(CC(=O)O)C(=O)O. The number of amides is 3.